The van der Waals surface area contributed by atoms with Crippen LogP contribution in [0.15, 0.2) is 65.1 Å². The maximum Gasteiger partial charge on any atom is 0.253 e. The van der Waals surface area contributed by atoms with Gasteiger partial charge < -0.3 is 10.2 Å². The molecular weight excluding hydrogens is 431 g/mol. The van der Waals surface area contributed by atoms with Crippen LogP contribution in [0.1, 0.15) is 15.9 Å². The van der Waals surface area contributed by atoms with E-state index < -0.39 is 21.7 Å². The molecule has 6 nitrogen and oxygen atoms in total. The number of halogens is 1. The molecule has 0 radical (unpaired) electrons. The van der Waals surface area contributed by atoms with Crippen LogP contribution in [0.5, 0.6) is 0 Å². The Labute approximate surface area is 185 Å². The Morgan fingerprint density at radius 2 is 1.59 bits per heavy atom. The number of rotatable bonds is 5. The van der Waals surface area contributed by atoms with Gasteiger partial charge in [0.1, 0.15) is 17.2 Å². The first-order valence-electron chi connectivity index (χ1n) is 9.73. The summed E-state index contributed by atoms with van der Waals surface area (Å²) < 4.78 is 45.2. The molecule has 3 aromatic carbocycles. The molecule has 1 heterocycles. The molecule has 0 atom stereocenters. The Hall–Kier alpha value is -3.65. The van der Waals surface area contributed by atoms with Gasteiger partial charge in [-0.3, -0.25) is 9.10 Å². The van der Waals surface area contributed by atoms with E-state index in [1.54, 1.807) is 12.1 Å². The van der Waals surface area contributed by atoms with Gasteiger partial charge in [0, 0.05) is 29.6 Å². The lowest BCUT2D eigenvalue weighted by Gasteiger charge is -2.20. The third kappa shape index (κ3) is 3.85. The lowest BCUT2D eigenvalue weighted by molar-refractivity contribution is 0.100. The van der Waals surface area contributed by atoms with Gasteiger partial charge >= 0.3 is 0 Å². The average Bonchev–Trinajstić information content (AvgIpc) is 3.11. The first kappa shape index (κ1) is 21.6. The van der Waals surface area contributed by atoms with E-state index in [9.17, 15) is 17.6 Å². The van der Waals surface area contributed by atoms with Crippen molar-refractivity contribution in [1.82, 2.24) is 0 Å². The van der Waals surface area contributed by atoms with Gasteiger partial charge in [0.25, 0.3) is 5.91 Å². The van der Waals surface area contributed by atoms with Crippen molar-refractivity contribution in [2.75, 3.05) is 17.6 Å². The summed E-state index contributed by atoms with van der Waals surface area (Å²) in [4.78, 5) is 12.4. The molecule has 32 heavy (non-hydrogen) atoms. The number of sulfonamides is 1. The number of hydrogen-bond acceptors (Lipinski definition) is 4. The first-order chi connectivity index (χ1) is 15.1. The Bertz CT molecular complexity index is 1440. The zero-order valence-corrected chi connectivity index (χ0v) is 18.5. The number of primary amides is 1. The lowest BCUT2D eigenvalue weighted by atomic mass is 9.98. The summed E-state index contributed by atoms with van der Waals surface area (Å²) in [6.45, 7) is 1.95. The van der Waals surface area contributed by atoms with Gasteiger partial charge in [0.05, 0.1) is 17.5 Å². The highest BCUT2D eigenvalue weighted by atomic mass is 32.2. The quantitative estimate of drug-likeness (QED) is 0.475. The van der Waals surface area contributed by atoms with Crippen LogP contribution in [-0.2, 0) is 10.0 Å². The Balaban J connectivity index is 2.06. The summed E-state index contributed by atoms with van der Waals surface area (Å²) in [5, 5.41) is 0.443. The molecule has 0 spiro atoms. The minimum absolute atomic E-state index is 0.147. The Kier molecular flexibility index (Phi) is 5.26. The zero-order chi connectivity index (χ0) is 23.2. The fourth-order valence-corrected chi connectivity index (χ4v) is 4.09. The van der Waals surface area contributed by atoms with E-state index in [1.807, 2.05) is 31.2 Å². The maximum atomic E-state index is 13.4. The zero-order valence-electron chi connectivity index (χ0n) is 17.7. The van der Waals surface area contributed by atoms with Gasteiger partial charge in [-0.1, -0.05) is 29.8 Å². The second-order valence-corrected chi connectivity index (χ2v) is 9.65. The topological polar surface area (TPSA) is 93.6 Å². The molecule has 0 bridgehead atoms. The number of anilines is 1. The van der Waals surface area contributed by atoms with E-state index in [4.69, 9.17) is 10.2 Å². The van der Waals surface area contributed by atoms with Crippen LogP contribution >= 0.6 is 0 Å². The number of benzene rings is 3. The molecule has 1 aromatic heterocycles. The van der Waals surface area contributed by atoms with Crippen LogP contribution in [0.25, 0.3) is 33.4 Å². The van der Waals surface area contributed by atoms with E-state index >= 15 is 0 Å². The molecule has 8 heteroatoms. The van der Waals surface area contributed by atoms with Crippen molar-refractivity contribution in [2.24, 2.45) is 5.73 Å². The number of nitrogens with two attached hydrogens (primary N) is 1. The number of fused-ring (bicyclic) bond motifs is 1. The van der Waals surface area contributed by atoms with Crippen LogP contribution in [0.4, 0.5) is 10.1 Å². The number of carbonyl (C=O) groups excluding carboxylic acids is 1. The molecule has 0 fully saturated rings. The SMILES string of the molecule is Cc1ccc(-c2cc3c(C(N)=O)c(-c4ccc(F)cc4)oc3cc2N(C)S(C)(=O)=O)cc1. The molecule has 2 N–H and O–H groups in total. The van der Waals surface area contributed by atoms with Gasteiger partial charge in [0.2, 0.25) is 10.0 Å². The van der Waals surface area contributed by atoms with E-state index in [-0.39, 0.29) is 11.3 Å². The minimum Gasteiger partial charge on any atom is -0.455 e. The van der Waals surface area contributed by atoms with E-state index in [0.29, 0.717) is 27.8 Å². The third-order valence-corrected chi connectivity index (χ3v) is 6.55. The summed E-state index contributed by atoms with van der Waals surface area (Å²) in [7, 11) is -2.13. The largest absolute Gasteiger partial charge is 0.455 e. The van der Waals surface area contributed by atoms with Crippen molar-refractivity contribution < 1.29 is 22.0 Å². The fraction of sp³-hybridized carbons (Fsp3) is 0.125. The highest BCUT2D eigenvalue weighted by molar-refractivity contribution is 7.92. The second kappa shape index (κ2) is 7.80. The maximum absolute atomic E-state index is 13.4. The summed E-state index contributed by atoms with van der Waals surface area (Å²) in [6.07, 6.45) is 1.11. The molecule has 0 unspecified atom stereocenters. The van der Waals surface area contributed by atoms with E-state index in [0.717, 1.165) is 21.7 Å². The molecule has 0 aliphatic rings. The normalized spacial score (nSPS) is 11.6. The highest BCUT2D eigenvalue weighted by Crippen LogP contribution is 2.41. The molecule has 0 aliphatic heterocycles. The Morgan fingerprint density at radius 3 is 2.16 bits per heavy atom. The number of amides is 1. The van der Waals surface area contributed by atoms with Crippen LogP contribution in [0.2, 0.25) is 0 Å². The molecule has 4 rings (SSSR count). The third-order valence-electron chi connectivity index (χ3n) is 5.36. The standard InChI is InChI=1S/C24H21FN2O4S/c1-14-4-6-15(7-5-14)18-12-19-21(13-20(18)27(2)32(3,29)30)31-23(22(19)24(26)28)16-8-10-17(25)11-9-16/h4-13H,1-3H3,(H2,26,28). The summed E-state index contributed by atoms with van der Waals surface area (Å²) >= 11 is 0. The van der Waals surface area contributed by atoms with Crippen molar-refractivity contribution in [3.63, 3.8) is 0 Å². The number of furan rings is 1. The Morgan fingerprint density at radius 1 is 1.00 bits per heavy atom. The van der Waals surface area contributed by atoms with Crippen LogP contribution in [0, 0.1) is 12.7 Å². The molecule has 0 saturated heterocycles. The predicted molar refractivity (Wildman–Crippen MR) is 124 cm³/mol. The number of hydrogen-bond donors (Lipinski definition) is 1. The van der Waals surface area contributed by atoms with Crippen molar-refractivity contribution >= 4 is 32.6 Å². The van der Waals surface area contributed by atoms with Gasteiger partial charge in [0.15, 0.2) is 0 Å². The number of nitrogens with zero attached hydrogens (tertiary/aromatic N) is 1. The molecule has 1 amide bonds. The van der Waals surface area contributed by atoms with Crippen molar-refractivity contribution in [3.8, 4) is 22.5 Å². The molecule has 0 aliphatic carbocycles. The predicted octanol–water partition coefficient (Wildman–Crippen LogP) is 4.71. The second-order valence-electron chi connectivity index (χ2n) is 7.64. The summed E-state index contributed by atoms with van der Waals surface area (Å²) in [5.74, 6) is -0.937. The monoisotopic (exact) mass is 452 g/mol. The van der Waals surface area contributed by atoms with E-state index in [1.165, 1.54) is 31.3 Å². The van der Waals surface area contributed by atoms with Gasteiger partial charge in [-0.05, 0) is 42.8 Å². The molecule has 4 aromatic rings. The lowest BCUT2D eigenvalue weighted by Crippen LogP contribution is -2.25. The summed E-state index contributed by atoms with van der Waals surface area (Å²) in [6, 6.07) is 16.4. The smallest absolute Gasteiger partial charge is 0.253 e. The van der Waals surface area contributed by atoms with Gasteiger partial charge in [-0.2, -0.15) is 0 Å². The van der Waals surface area contributed by atoms with Crippen molar-refractivity contribution in [2.45, 2.75) is 6.92 Å². The van der Waals surface area contributed by atoms with Crippen molar-refractivity contribution in [3.05, 3.63) is 77.6 Å². The van der Waals surface area contributed by atoms with Gasteiger partial charge in [-0.25, -0.2) is 12.8 Å². The highest BCUT2D eigenvalue weighted by Gasteiger charge is 2.25. The van der Waals surface area contributed by atoms with Crippen LogP contribution < -0.4 is 10.0 Å². The molecular formula is C24H21FN2O4S. The minimum atomic E-state index is -3.58. The molecule has 0 saturated carbocycles. The van der Waals surface area contributed by atoms with Crippen LogP contribution in [-0.4, -0.2) is 27.6 Å². The first-order valence-corrected chi connectivity index (χ1v) is 11.6. The molecule has 164 valence electrons. The van der Waals surface area contributed by atoms with Crippen LogP contribution in [0.3, 0.4) is 0 Å². The van der Waals surface area contributed by atoms with E-state index in [2.05, 4.69) is 0 Å². The van der Waals surface area contributed by atoms with Crippen molar-refractivity contribution in [1.29, 1.82) is 0 Å². The average molecular weight is 453 g/mol. The van der Waals surface area contributed by atoms with Gasteiger partial charge in [-0.15, -0.1) is 0 Å². The number of aryl methyl sites for hydroxylation is 1. The number of carbonyl (C=O) groups is 1. The fourth-order valence-electron chi connectivity index (χ4n) is 3.58. The summed E-state index contributed by atoms with van der Waals surface area (Å²) in [5.41, 5.74) is 9.40.